The van der Waals surface area contributed by atoms with E-state index in [1.807, 2.05) is 16.1 Å². The molecular weight excluding hydrogens is 614 g/mol. The van der Waals surface area contributed by atoms with Crippen LogP contribution in [0, 0.1) is 0 Å². The number of piperidine rings is 2. The standard InChI is InChI=1S/C38H51N9O2/c1-25(2)46-24-40-32-23-31(42-35(34(32)46)41-27-7-8-27)26-6-9-30-33(20-26)47(29-21-28(22-29)43-14-4-3-5-15-43)36(48)38(30)10-16-44(17-11-38)37(49)45-18-12-39-13-19-45/h6,9,20,23-25,27-29,39H,3-5,7-8,10-19,21-22H2,1-2H3,(H,41,42). The van der Waals surface area contributed by atoms with Crippen LogP contribution in [0.4, 0.5) is 16.3 Å². The molecule has 9 rings (SSSR count). The first-order chi connectivity index (χ1) is 23.9. The second-order valence-corrected chi connectivity index (χ2v) is 15.8. The second-order valence-electron chi connectivity index (χ2n) is 15.8. The van der Waals surface area contributed by atoms with E-state index in [4.69, 9.17) is 9.97 Å². The number of urea groups is 1. The second kappa shape index (κ2) is 12.3. The third kappa shape index (κ3) is 5.39. The molecule has 2 aromatic heterocycles. The number of likely N-dealkylation sites (tertiary alicyclic amines) is 2. The van der Waals surface area contributed by atoms with Crippen LogP contribution in [0.25, 0.3) is 22.3 Å². The van der Waals surface area contributed by atoms with Gasteiger partial charge in [0.05, 0.1) is 23.0 Å². The van der Waals surface area contributed by atoms with E-state index in [1.54, 1.807) is 0 Å². The Bertz CT molecular complexity index is 1740. The van der Waals surface area contributed by atoms with E-state index in [0.29, 0.717) is 38.0 Å². The number of pyridine rings is 1. The van der Waals surface area contributed by atoms with Crippen LogP contribution in [0.3, 0.4) is 0 Å². The van der Waals surface area contributed by atoms with Crippen LogP contribution in [0.5, 0.6) is 0 Å². The van der Waals surface area contributed by atoms with Gasteiger partial charge in [-0.1, -0.05) is 18.6 Å². The Kier molecular flexibility index (Phi) is 7.83. The van der Waals surface area contributed by atoms with E-state index < -0.39 is 5.41 Å². The number of imidazole rings is 1. The van der Waals surface area contributed by atoms with Crippen LogP contribution < -0.4 is 15.5 Å². The summed E-state index contributed by atoms with van der Waals surface area (Å²) < 4.78 is 2.21. The Labute approximate surface area is 289 Å². The summed E-state index contributed by atoms with van der Waals surface area (Å²) in [6.07, 6.45) is 11.6. The first kappa shape index (κ1) is 31.3. The van der Waals surface area contributed by atoms with Gasteiger partial charge >= 0.3 is 6.03 Å². The van der Waals surface area contributed by atoms with E-state index in [1.165, 1.54) is 45.2 Å². The Morgan fingerprint density at radius 2 is 1.67 bits per heavy atom. The number of piperazine rings is 1. The van der Waals surface area contributed by atoms with Crippen molar-refractivity contribution >= 4 is 34.5 Å². The lowest BCUT2D eigenvalue weighted by molar-refractivity contribution is -0.125. The number of anilines is 2. The van der Waals surface area contributed by atoms with E-state index >= 15 is 0 Å². The van der Waals surface area contributed by atoms with Crippen LogP contribution >= 0.6 is 0 Å². The molecule has 5 fully saturated rings. The van der Waals surface area contributed by atoms with Crippen LogP contribution in [-0.2, 0) is 10.2 Å². The van der Waals surface area contributed by atoms with Crippen LogP contribution in [0.2, 0.25) is 0 Å². The van der Waals surface area contributed by atoms with Gasteiger partial charge in [-0.25, -0.2) is 14.8 Å². The number of rotatable bonds is 6. The van der Waals surface area contributed by atoms with Crippen molar-refractivity contribution in [1.29, 1.82) is 0 Å². The fraction of sp³-hybridized carbons (Fsp3) is 0.632. The Morgan fingerprint density at radius 3 is 2.39 bits per heavy atom. The zero-order valence-electron chi connectivity index (χ0n) is 29.2. The zero-order chi connectivity index (χ0) is 33.3. The molecule has 11 nitrogen and oxygen atoms in total. The van der Waals surface area contributed by atoms with Gasteiger partial charge in [0.2, 0.25) is 5.91 Å². The fourth-order valence-electron chi connectivity index (χ4n) is 9.20. The Hall–Kier alpha value is -3.70. The van der Waals surface area contributed by atoms with Crippen LogP contribution in [0.1, 0.15) is 83.2 Å². The highest BCUT2D eigenvalue weighted by molar-refractivity contribution is 6.09. The molecule has 3 amide bonds. The average molecular weight is 666 g/mol. The maximum Gasteiger partial charge on any atom is 0.320 e. The number of carbonyl (C=O) groups excluding carboxylic acids is 2. The predicted octanol–water partition coefficient (Wildman–Crippen LogP) is 4.98. The van der Waals surface area contributed by atoms with Gasteiger partial charge in [-0.15, -0.1) is 0 Å². The van der Waals surface area contributed by atoms with Crippen LogP contribution in [0.15, 0.2) is 30.6 Å². The quantitative estimate of drug-likeness (QED) is 0.383. The summed E-state index contributed by atoms with van der Waals surface area (Å²) in [4.78, 5) is 47.1. The third-order valence-corrected chi connectivity index (χ3v) is 12.4. The molecule has 11 heteroatoms. The molecule has 3 saturated heterocycles. The normalized spacial score (nSPS) is 25.7. The molecule has 4 aliphatic heterocycles. The number of fused-ring (bicyclic) bond motifs is 3. The number of aromatic nitrogens is 3. The van der Waals surface area contributed by atoms with Crippen molar-refractivity contribution in [2.45, 2.75) is 101 Å². The first-order valence-electron chi connectivity index (χ1n) is 19.0. The van der Waals surface area contributed by atoms with E-state index in [2.05, 4.69) is 63.1 Å². The van der Waals surface area contributed by atoms with Crippen molar-refractivity contribution in [3.05, 3.63) is 36.2 Å². The van der Waals surface area contributed by atoms with E-state index in [9.17, 15) is 9.59 Å². The number of hydrogen-bond acceptors (Lipinski definition) is 7. The molecule has 3 aromatic rings. The summed E-state index contributed by atoms with van der Waals surface area (Å²) in [6.45, 7) is 11.1. The molecule has 260 valence electrons. The van der Waals surface area contributed by atoms with Gasteiger partial charge in [-0.2, -0.15) is 0 Å². The Morgan fingerprint density at radius 1 is 0.939 bits per heavy atom. The van der Waals surface area contributed by atoms with Gasteiger partial charge in [-0.05, 0) is 96.0 Å². The van der Waals surface area contributed by atoms with Crippen molar-refractivity contribution in [3.8, 4) is 11.3 Å². The zero-order valence-corrected chi connectivity index (χ0v) is 29.2. The lowest BCUT2D eigenvalue weighted by Crippen LogP contribution is -2.59. The van der Waals surface area contributed by atoms with Gasteiger partial charge in [0.1, 0.15) is 5.52 Å². The molecule has 1 spiro atoms. The molecule has 1 aromatic carbocycles. The molecule has 49 heavy (non-hydrogen) atoms. The monoisotopic (exact) mass is 665 g/mol. The lowest BCUT2D eigenvalue weighted by atomic mass is 9.73. The minimum atomic E-state index is -0.587. The molecular formula is C38H51N9O2. The topological polar surface area (TPSA) is 102 Å². The Balaban J connectivity index is 1.05. The molecule has 2 aliphatic carbocycles. The highest BCUT2D eigenvalue weighted by Crippen LogP contribution is 2.52. The third-order valence-electron chi connectivity index (χ3n) is 12.4. The lowest BCUT2D eigenvalue weighted by Gasteiger charge is -2.48. The minimum Gasteiger partial charge on any atom is -0.366 e. The summed E-state index contributed by atoms with van der Waals surface area (Å²) in [5.41, 5.74) is 5.51. The molecule has 6 aliphatic rings. The van der Waals surface area contributed by atoms with Gasteiger partial charge in [0.15, 0.2) is 5.82 Å². The minimum absolute atomic E-state index is 0.120. The number of hydrogen-bond donors (Lipinski definition) is 2. The van der Waals surface area contributed by atoms with Crippen LogP contribution in [-0.4, -0.2) is 112 Å². The highest BCUT2D eigenvalue weighted by Gasteiger charge is 2.56. The molecule has 0 unspecified atom stereocenters. The van der Waals surface area contributed by atoms with Gasteiger partial charge in [0.25, 0.3) is 0 Å². The maximum absolute atomic E-state index is 14.9. The smallest absolute Gasteiger partial charge is 0.320 e. The molecule has 0 bridgehead atoms. The molecule has 0 atom stereocenters. The summed E-state index contributed by atoms with van der Waals surface area (Å²) >= 11 is 0. The molecule has 2 N–H and O–H groups in total. The molecule has 0 radical (unpaired) electrons. The average Bonchev–Trinajstić information content (AvgIpc) is 3.77. The molecule has 6 heterocycles. The van der Waals surface area contributed by atoms with E-state index in [0.717, 1.165) is 78.4 Å². The SMILES string of the molecule is CC(C)n1cnc2cc(-c3ccc4c(c3)N(C3CC(N5CCCCC5)C3)C(=O)C43CCN(C(=O)N4CCNCC4)CC3)nc(NC3CC3)c21. The summed E-state index contributed by atoms with van der Waals surface area (Å²) in [7, 11) is 0. The van der Waals surface area contributed by atoms with Gasteiger partial charge < -0.3 is 34.8 Å². The van der Waals surface area contributed by atoms with Gasteiger partial charge in [0, 0.05) is 74.7 Å². The van der Waals surface area contributed by atoms with Crippen molar-refractivity contribution in [2.24, 2.45) is 0 Å². The van der Waals surface area contributed by atoms with Crippen molar-refractivity contribution in [2.75, 3.05) is 62.6 Å². The van der Waals surface area contributed by atoms with Crippen molar-refractivity contribution < 1.29 is 9.59 Å². The number of nitrogens with one attached hydrogen (secondary N) is 2. The highest BCUT2D eigenvalue weighted by atomic mass is 16.2. The largest absolute Gasteiger partial charge is 0.366 e. The number of nitrogens with zero attached hydrogens (tertiary/aromatic N) is 7. The number of amides is 3. The number of carbonyl (C=O) groups is 2. The molecule has 2 saturated carbocycles. The van der Waals surface area contributed by atoms with Gasteiger partial charge in [-0.3, -0.25) is 4.79 Å². The first-order valence-corrected chi connectivity index (χ1v) is 19.0. The van der Waals surface area contributed by atoms with Crippen molar-refractivity contribution in [3.63, 3.8) is 0 Å². The fourth-order valence-corrected chi connectivity index (χ4v) is 9.20. The van der Waals surface area contributed by atoms with E-state index in [-0.39, 0.29) is 24.0 Å². The van der Waals surface area contributed by atoms with Crippen molar-refractivity contribution in [1.82, 2.24) is 34.6 Å². The number of benzene rings is 1. The maximum atomic E-state index is 14.9. The summed E-state index contributed by atoms with van der Waals surface area (Å²) in [5.74, 6) is 1.14. The predicted molar refractivity (Wildman–Crippen MR) is 192 cm³/mol. The summed E-state index contributed by atoms with van der Waals surface area (Å²) in [6, 6.07) is 10.4. The summed E-state index contributed by atoms with van der Waals surface area (Å²) in [5, 5.41) is 7.04.